The number of aromatic carboxylic acids is 1. The van der Waals surface area contributed by atoms with E-state index < -0.39 is 17.2 Å². The number of benzene rings is 1. The summed E-state index contributed by atoms with van der Waals surface area (Å²) in [6.45, 7) is 2.25. The van der Waals surface area contributed by atoms with Gasteiger partial charge in [-0.3, -0.25) is 14.3 Å². The Bertz CT molecular complexity index is 878. The van der Waals surface area contributed by atoms with E-state index in [9.17, 15) is 14.4 Å². The average Bonchev–Trinajstić information content (AvgIpc) is 2.54. The highest BCUT2D eigenvalue weighted by atomic mass is 16.4. The van der Waals surface area contributed by atoms with Gasteiger partial charge in [-0.2, -0.15) is 0 Å². The zero-order valence-electron chi connectivity index (χ0n) is 13.2. The molecule has 8 heteroatoms. The quantitative estimate of drug-likeness (QED) is 0.688. The lowest BCUT2D eigenvalue weighted by Gasteiger charge is -2.06. The molecule has 8 nitrogen and oxygen atoms in total. The van der Waals surface area contributed by atoms with Gasteiger partial charge in [0.2, 0.25) is 0 Å². The van der Waals surface area contributed by atoms with Crippen LogP contribution in [0.25, 0.3) is 0 Å². The molecular weight excluding hydrogens is 312 g/mol. The summed E-state index contributed by atoms with van der Waals surface area (Å²) in [5, 5.41) is 8.86. The van der Waals surface area contributed by atoms with E-state index in [-0.39, 0.29) is 17.1 Å². The van der Waals surface area contributed by atoms with E-state index in [1.807, 2.05) is 6.92 Å². The molecule has 0 aliphatic carbocycles. The number of carboxylic acids is 1. The van der Waals surface area contributed by atoms with Crippen LogP contribution in [0.3, 0.4) is 0 Å². The number of nitrogens with two attached hydrogens (primary N) is 1. The van der Waals surface area contributed by atoms with Crippen molar-refractivity contribution in [1.29, 1.82) is 0 Å². The normalized spacial score (nSPS) is 11.0. The predicted octanol–water partition coefficient (Wildman–Crippen LogP) is 1.37. The molecule has 0 aliphatic heterocycles. The smallest absolute Gasteiger partial charge is 0.335 e. The SMILES string of the molecule is CCCCn1c(=O)[nH]c(N)c(N=Cc2ccc(C(=O)O)cc2)c1=O. The van der Waals surface area contributed by atoms with Gasteiger partial charge in [-0.25, -0.2) is 14.6 Å². The van der Waals surface area contributed by atoms with Crippen LogP contribution in [0.4, 0.5) is 11.5 Å². The molecule has 1 heterocycles. The topological polar surface area (TPSA) is 131 Å². The summed E-state index contributed by atoms with van der Waals surface area (Å²) in [4.78, 5) is 41.4. The van der Waals surface area contributed by atoms with E-state index in [0.717, 1.165) is 11.0 Å². The van der Waals surface area contributed by atoms with E-state index in [4.69, 9.17) is 10.8 Å². The van der Waals surface area contributed by atoms with Gasteiger partial charge in [0.15, 0.2) is 5.69 Å². The molecule has 4 N–H and O–H groups in total. The lowest BCUT2D eigenvalue weighted by Crippen LogP contribution is -2.35. The van der Waals surface area contributed by atoms with Crippen LogP contribution in [-0.2, 0) is 6.54 Å². The summed E-state index contributed by atoms with van der Waals surface area (Å²) in [6, 6.07) is 5.98. The molecule has 126 valence electrons. The Morgan fingerprint density at radius 2 is 2.00 bits per heavy atom. The first-order valence-corrected chi connectivity index (χ1v) is 7.44. The zero-order valence-corrected chi connectivity index (χ0v) is 13.2. The van der Waals surface area contributed by atoms with Gasteiger partial charge in [-0.1, -0.05) is 25.5 Å². The van der Waals surface area contributed by atoms with Gasteiger partial charge in [0.1, 0.15) is 5.82 Å². The standard InChI is InChI=1S/C16H18N4O4/c1-2-3-8-20-14(21)12(13(17)19-16(20)24)18-9-10-4-6-11(7-5-10)15(22)23/h4-7,9H,2-3,8,17H2,1H3,(H,19,24)(H,22,23). The van der Waals surface area contributed by atoms with Crippen molar-refractivity contribution in [2.45, 2.75) is 26.3 Å². The van der Waals surface area contributed by atoms with Crippen molar-refractivity contribution in [3.8, 4) is 0 Å². The third kappa shape index (κ3) is 3.78. The Balaban J connectivity index is 2.36. The van der Waals surface area contributed by atoms with Gasteiger partial charge in [-0.15, -0.1) is 0 Å². The second-order valence-corrected chi connectivity index (χ2v) is 5.19. The van der Waals surface area contributed by atoms with Crippen LogP contribution in [-0.4, -0.2) is 26.8 Å². The summed E-state index contributed by atoms with van der Waals surface area (Å²) in [6.07, 6.45) is 2.92. The van der Waals surface area contributed by atoms with Crippen LogP contribution in [0.2, 0.25) is 0 Å². The minimum atomic E-state index is -1.03. The molecule has 0 unspecified atom stereocenters. The van der Waals surface area contributed by atoms with Crippen molar-refractivity contribution in [1.82, 2.24) is 9.55 Å². The lowest BCUT2D eigenvalue weighted by atomic mass is 10.1. The molecule has 0 bridgehead atoms. The summed E-state index contributed by atoms with van der Waals surface area (Å²) < 4.78 is 1.07. The highest BCUT2D eigenvalue weighted by molar-refractivity contribution is 5.89. The van der Waals surface area contributed by atoms with Crippen molar-refractivity contribution < 1.29 is 9.90 Å². The number of hydrogen-bond acceptors (Lipinski definition) is 5. The van der Waals surface area contributed by atoms with Gasteiger partial charge in [-0.05, 0) is 24.1 Å². The number of aliphatic imine (C=N–C) groups is 1. The summed E-state index contributed by atoms with van der Waals surface area (Å²) in [7, 11) is 0. The second kappa shape index (κ2) is 7.40. The molecule has 0 atom stereocenters. The third-order valence-electron chi connectivity index (χ3n) is 3.43. The number of hydrogen-bond donors (Lipinski definition) is 3. The fourth-order valence-corrected chi connectivity index (χ4v) is 2.07. The number of aromatic amines is 1. The van der Waals surface area contributed by atoms with E-state index in [1.165, 1.54) is 18.3 Å². The van der Waals surface area contributed by atoms with Gasteiger partial charge in [0, 0.05) is 12.8 Å². The summed E-state index contributed by atoms with van der Waals surface area (Å²) in [5.41, 5.74) is 5.28. The Kier molecular flexibility index (Phi) is 5.31. The zero-order chi connectivity index (χ0) is 17.7. The number of H-pyrrole nitrogens is 1. The van der Waals surface area contributed by atoms with Gasteiger partial charge < -0.3 is 10.8 Å². The molecule has 24 heavy (non-hydrogen) atoms. The maximum atomic E-state index is 12.4. The van der Waals surface area contributed by atoms with E-state index in [1.54, 1.807) is 12.1 Å². The van der Waals surface area contributed by atoms with Gasteiger partial charge >= 0.3 is 11.7 Å². The first-order valence-electron chi connectivity index (χ1n) is 7.44. The number of nitrogens with one attached hydrogen (secondary N) is 1. The summed E-state index contributed by atoms with van der Waals surface area (Å²) in [5.74, 6) is -1.13. The molecular formula is C16H18N4O4. The van der Waals surface area contributed by atoms with Crippen molar-refractivity contribution >= 4 is 23.7 Å². The minimum absolute atomic E-state index is 0.0481. The van der Waals surface area contributed by atoms with Crippen LogP contribution in [0.5, 0.6) is 0 Å². The number of aromatic nitrogens is 2. The maximum absolute atomic E-state index is 12.4. The van der Waals surface area contributed by atoms with E-state index in [0.29, 0.717) is 18.5 Å². The third-order valence-corrected chi connectivity index (χ3v) is 3.43. The fourth-order valence-electron chi connectivity index (χ4n) is 2.07. The first kappa shape index (κ1) is 17.2. The van der Waals surface area contributed by atoms with Crippen LogP contribution in [0.1, 0.15) is 35.7 Å². The fraction of sp³-hybridized carbons (Fsp3) is 0.250. The molecule has 0 saturated carbocycles. The number of rotatable bonds is 6. The number of nitrogens with zero attached hydrogens (tertiary/aromatic N) is 2. The molecule has 0 amide bonds. The van der Waals surface area contributed by atoms with Gasteiger partial charge in [0.25, 0.3) is 5.56 Å². The number of carbonyl (C=O) groups is 1. The number of carboxylic acid groups (broad SMARTS) is 1. The Labute approximate surface area is 137 Å². The molecule has 1 aromatic heterocycles. The lowest BCUT2D eigenvalue weighted by molar-refractivity contribution is 0.0697. The van der Waals surface area contributed by atoms with Crippen LogP contribution >= 0.6 is 0 Å². The minimum Gasteiger partial charge on any atom is -0.478 e. The Hall–Kier alpha value is -3.16. The summed E-state index contributed by atoms with van der Waals surface area (Å²) >= 11 is 0. The molecule has 0 radical (unpaired) electrons. The van der Waals surface area contributed by atoms with E-state index in [2.05, 4.69) is 9.98 Å². The van der Waals surface area contributed by atoms with Crippen LogP contribution in [0.15, 0.2) is 38.8 Å². The Morgan fingerprint density at radius 3 is 2.58 bits per heavy atom. The van der Waals surface area contributed by atoms with E-state index >= 15 is 0 Å². The molecule has 0 fully saturated rings. The molecule has 0 aliphatic rings. The predicted molar refractivity (Wildman–Crippen MR) is 91.3 cm³/mol. The highest BCUT2D eigenvalue weighted by Crippen LogP contribution is 2.12. The molecule has 2 aromatic rings. The number of nitrogen functional groups attached to an aromatic ring is 1. The number of unbranched alkanes of at least 4 members (excludes halogenated alkanes) is 1. The maximum Gasteiger partial charge on any atom is 0.335 e. The monoisotopic (exact) mass is 330 g/mol. The van der Waals surface area contributed by atoms with Crippen molar-refractivity contribution in [3.63, 3.8) is 0 Å². The average molecular weight is 330 g/mol. The van der Waals surface area contributed by atoms with Crippen molar-refractivity contribution in [2.24, 2.45) is 4.99 Å². The van der Waals surface area contributed by atoms with Crippen molar-refractivity contribution in [3.05, 3.63) is 56.2 Å². The van der Waals surface area contributed by atoms with Crippen LogP contribution in [0, 0.1) is 0 Å². The van der Waals surface area contributed by atoms with Crippen LogP contribution < -0.4 is 17.0 Å². The molecule has 0 spiro atoms. The molecule has 1 aromatic carbocycles. The highest BCUT2D eigenvalue weighted by Gasteiger charge is 2.10. The largest absolute Gasteiger partial charge is 0.478 e. The molecule has 0 saturated heterocycles. The molecule has 2 rings (SSSR count). The Morgan fingerprint density at radius 1 is 1.33 bits per heavy atom. The van der Waals surface area contributed by atoms with Gasteiger partial charge in [0.05, 0.1) is 5.56 Å². The number of anilines is 1. The second-order valence-electron chi connectivity index (χ2n) is 5.19. The first-order chi connectivity index (χ1) is 11.4. The van der Waals surface area contributed by atoms with Crippen molar-refractivity contribution in [2.75, 3.05) is 5.73 Å².